The molecule has 1 aliphatic heterocycles. The van der Waals surface area contributed by atoms with Crippen LogP contribution in [0, 0.1) is 5.41 Å². The summed E-state index contributed by atoms with van der Waals surface area (Å²) in [6, 6.07) is 0. The molecule has 1 heterocycles. The van der Waals surface area contributed by atoms with Crippen molar-refractivity contribution in [3.05, 3.63) is 0 Å². The molecule has 1 saturated heterocycles. The summed E-state index contributed by atoms with van der Waals surface area (Å²) in [6.45, 7) is 7.05. The molecule has 0 radical (unpaired) electrons. The first-order valence-electron chi connectivity index (χ1n) is 3.91. The lowest BCUT2D eigenvalue weighted by molar-refractivity contribution is -0.223. The van der Waals surface area contributed by atoms with Gasteiger partial charge in [0.25, 0.3) is 0 Å². The van der Waals surface area contributed by atoms with Crippen molar-refractivity contribution in [2.45, 2.75) is 26.6 Å². The van der Waals surface area contributed by atoms with Crippen LogP contribution in [0.4, 0.5) is 0 Å². The number of ether oxygens (including phenoxy) is 2. The van der Waals surface area contributed by atoms with Crippen LogP contribution in [0.1, 0.15) is 20.8 Å². The molecular formula is C8H16O3. The van der Waals surface area contributed by atoms with Crippen molar-refractivity contribution in [1.82, 2.24) is 0 Å². The maximum Gasteiger partial charge on any atom is 0.172 e. The molecule has 1 rings (SSSR count). The van der Waals surface area contributed by atoms with E-state index < -0.39 is 5.79 Å². The van der Waals surface area contributed by atoms with Crippen molar-refractivity contribution in [2.24, 2.45) is 5.41 Å². The van der Waals surface area contributed by atoms with Crippen molar-refractivity contribution in [1.29, 1.82) is 0 Å². The van der Waals surface area contributed by atoms with Crippen LogP contribution in [0.2, 0.25) is 0 Å². The third-order valence-corrected chi connectivity index (χ3v) is 2.46. The van der Waals surface area contributed by atoms with Crippen LogP contribution < -0.4 is 0 Å². The predicted molar refractivity (Wildman–Crippen MR) is 41.2 cm³/mol. The number of hydrogen-bond acceptors (Lipinski definition) is 3. The topological polar surface area (TPSA) is 38.7 Å². The van der Waals surface area contributed by atoms with E-state index in [0.29, 0.717) is 13.2 Å². The molecule has 1 fully saturated rings. The average molecular weight is 160 g/mol. The Kier molecular flexibility index (Phi) is 2.23. The number of aliphatic hydroxyl groups is 1. The molecule has 0 aromatic heterocycles. The standard InChI is InChI=1S/C8H16O3/c1-7(2,6-9)8(3)10-4-5-11-8/h9H,4-6H2,1-3H3. The number of aliphatic hydroxyl groups excluding tert-OH is 1. The predicted octanol–water partition coefficient (Wildman–Crippen LogP) is 0.768. The van der Waals surface area contributed by atoms with E-state index in [1.807, 2.05) is 20.8 Å². The summed E-state index contributed by atoms with van der Waals surface area (Å²) in [6.07, 6.45) is 0. The van der Waals surface area contributed by atoms with Gasteiger partial charge in [0.05, 0.1) is 19.8 Å². The quantitative estimate of drug-likeness (QED) is 0.648. The molecule has 0 aromatic rings. The summed E-state index contributed by atoms with van der Waals surface area (Å²) in [4.78, 5) is 0. The second-order valence-corrected chi connectivity index (χ2v) is 3.68. The van der Waals surface area contributed by atoms with Crippen LogP contribution in [0.5, 0.6) is 0 Å². The number of hydrogen-bond donors (Lipinski definition) is 1. The van der Waals surface area contributed by atoms with E-state index in [0.717, 1.165) is 0 Å². The van der Waals surface area contributed by atoms with Crippen LogP contribution >= 0.6 is 0 Å². The highest BCUT2D eigenvalue weighted by Crippen LogP contribution is 2.37. The molecular weight excluding hydrogens is 144 g/mol. The summed E-state index contributed by atoms with van der Waals surface area (Å²) in [5, 5.41) is 9.06. The highest BCUT2D eigenvalue weighted by Gasteiger charge is 2.45. The van der Waals surface area contributed by atoms with Crippen LogP contribution in [0.3, 0.4) is 0 Å². The fourth-order valence-electron chi connectivity index (χ4n) is 1.05. The van der Waals surface area contributed by atoms with E-state index in [-0.39, 0.29) is 12.0 Å². The molecule has 11 heavy (non-hydrogen) atoms. The van der Waals surface area contributed by atoms with Gasteiger partial charge in [-0.15, -0.1) is 0 Å². The van der Waals surface area contributed by atoms with Gasteiger partial charge in [0.2, 0.25) is 0 Å². The summed E-state index contributed by atoms with van der Waals surface area (Å²) in [5.41, 5.74) is -0.330. The maximum atomic E-state index is 9.06. The van der Waals surface area contributed by atoms with Gasteiger partial charge in [-0.3, -0.25) is 0 Å². The summed E-state index contributed by atoms with van der Waals surface area (Å²) < 4.78 is 10.8. The molecule has 0 aliphatic carbocycles. The smallest absolute Gasteiger partial charge is 0.172 e. The van der Waals surface area contributed by atoms with Gasteiger partial charge < -0.3 is 14.6 Å². The molecule has 3 nitrogen and oxygen atoms in total. The zero-order chi connectivity index (χ0) is 8.54. The molecule has 66 valence electrons. The van der Waals surface area contributed by atoms with Crippen molar-refractivity contribution < 1.29 is 14.6 Å². The third-order valence-electron chi connectivity index (χ3n) is 2.46. The second kappa shape index (κ2) is 2.73. The Morgan fingerprint density at radius 1 is 1.36 bits per heavy atom. The minimum absolute atomic E-state index is 0.0729. The Balaban J connectivity index is 2.69. The van der Waals surface area contributed by atoms with Gasteiger partial charge >= 0.3 is 0 Å². The molecule has 0 spiro atoms. The first kappa shape index (κ1) is 8.97. The monoisotopic (exact) mass is 160 g/mol. The van der Waals surface area contributed by atoms with Crippen LogP contribution in [-0.2, 0) is 9.47 Å². The minimum Gasteiger partial charge on any atom is -0.396 e. The summed E-state index contributed by atoms with van der Waals surface area (Å²) in [5.74, 6) is -0.609. The fraction of sp³-hybridized carbons (Fsp3) is 1.00. The van der Waals surface area contributed by atoms with Crippen molar-refractivity contribution in [3.8, 4) is 0 Å². The van der Waals surface area contributed by atoms with Crippen molar-refractivity contribution in [2.75, 3.05) is 19.8 Å². The molecule has 0 atom stereocenters. The van der Waals surface area contributed by atoms with Crippen LogP contribution in [0.15, 0.2) is 0 Å². The van der Waals surface area contributed by atoms with E-state index in [2.05, 4.69) is 0 Å². The van der Waals surface area contributed by atoms with E-state index in [1.54, 1.807) is 0 Å². The van der Waals surface area contributed by atoms with Gasteiger partial charge in [-0.05, 0) is 6.92 Å². The van der Waals surface area contributed by atoms with Crippen molar-refractivity contribution >= 4 is 0 Å². The zero-order valence-corrected chi connectivity index (χ0v) is 7.39. The molecule has 0 amide bonds. The highest BCUT2D eigenvalue weighted by molar-refractivity contribution is 4.85. The maximum absolute atomic E-state index is 9.06. The Labute approximate surface area is 67.3 Å². The summed E-state index contributed by atoms with van der Waals surface area (Å²) in [7, 11) is 0. The molecule has 1 aliphatic rings. The van der Waals surface area contributed by atoms with Gasteiger partial charge in [-0.2, -0.15) is 0 Å². The molecule has 0 aromatic carbocycles. The Hall–Kier alpha value is -0.120. The molecule has 0 bridgehead atoms. The van der Waals surface area contributed by atoms with Gasteiger partial charge in [-0.25, -0.2) is 0 Å². The van der Waals surface area contributed by atoms with Crippen molar-refractivity contribution in [3.63, 3.8) is 0 Å². The number of rotatable bonds is 2. The zero-order valence-electron chi connectivity index (χ0n) is 7.39. The van der Waals surface area contributed by atoms with Gasteiger partial charge in [0.1, 0.15) is 0 Å². The second-order valence-electron chi connectivity index (χ2n) is 3.68. The fourth-order valence-corrected chi connectivity index (χ4v) is 1.05. The van der Waals surface area contributed by atoms with E-state index in [4.69, 9.17) is 14.6 Å². The van der Waals surface area contributed by atoms with E-state index in [1.165, 1.54) is 0 Å². The first-order valence-corrected chi connectivity index (χ1v) is 3.91. The largest absolute Gasteiger partial charge is 0.396 e. The Morgan fingerprint density at radius 3 is 2.18 bits per heavy atom. The lowest BCUT2D eigenvalue weighted by atomic mass is 9.85. The molecule has 3 heteroatoms. The third kappa shape index (κ3) is 1.41. The molecule has 1 N–H and O–H groups in total. The van der Waals surface area contributed by atoms with E-state index in [9.17, 15) is 0 Å². The summed E-state index contributed by atoms with van der Waals surface area (Å²) >= 11 is 0. The van der Waals surface area contributed by atoms with E-state index >= 15 is 0 Å². The SMILES string of the molecule is CC(C)(CO)C1(C)OCCO1. The Bertz CT molecular complexity index is 136. The van der Waals surface area contributed by atoms with Gasteiger partial charge in [0.15, 0.2) is 5.79 Å². The van der Waals surface area contributed by atoms with Crippen LogP contribution in [-0.4, -0.2) is 30.7 Å². The molecule has 0 unspecified atom stereocenters. The lowest BCUT2D eigenvalue weighted by Crippen LogP contribution is -2.45. The minimum atomic E-state index is -0.609. The first-order chi connectivity index (χ1) is 5.02. The van der Waals surface area contributed by atoms with Crippen LogP contribution in [0.25, 0.3) is 0 Å². The molecule has 0 saturated carbocycles. The Morgan fingerprint density at radius 2 is 1.82 bits per heavy atom. The highest BCUT2D eigenvalue weighted by atomic mass is 16.7. The van der Waals surface area contributed by atoms with Gasteiger partial charge in [0, 0.05) is 5.41 Å². The average Bonchev–Trinajstić information content (AvgIpc) is 2.38. The lowest BCUT2D eigenvalue weighted by Gasteiger charge is -2.37. The normalized spacial score (nSPS) is 24.0. The van der Waals surface area contributed by atoms with Gasteiger partial charge in [-0.1, -0.05) is 13.8 Å².